The van der Waals surface area contributed by atoms with Crippen LogP contribution in [-0.2, 0) is 4.79 Å². The molecule has 2 aliphatic rings. The van der Waals surface area contributed by atoms with Crippen LogP contribution < -0.4 is 9.36 Å². The zero-order valence-electron chi connectivity index (χ0n) is 11.3. The van der Waals surface area contributed by atoms with Crippen molar-refractivity contribution in [3.05, 3.63) is 64.1 Å². The summed E-state index contributed by atoms with van der Waals surface area (Å²) in [4.78, 5) is 26.8. The third-order valence-corrected chi connectivity index (χ3v) is 6.28. The van der Waals surface area contributed by atoms with Crippen LogP contribution in [0.2, 0.25) is 0 Å². The Morgan fingerprint density at radius 3 is 2.33 bits per heavy atom. The van der Waals surface area contributed by atoms with Crippen molar-refractivity contribution in [2.45, 2.75) is 0 Å². The van der Waals surface area contributed by atoms with Crippen LogP contribution in [0.1, 0.15) is 15.9 Å². The van der Waals surface area contributed by atoms with Crippen molar-refractivity contribution in [3.63, 3.8) is 0 Å². The molecule has 0 aromatic heterocycles. The third-order valence-electron chi connectivity index (χ3n) is 3.83. The fourth-order valence-electron chi connectivity index (χ4n) is 2.78. The molecule has 2 aliphatic heterocycles. The van der Waals surface area contributed by atoms with Crippen LogP contribution in [0.15, 0.2) is 53.0 Å². The molecule has 1 amide bonds. The monoisotopic (exact) mass is 341 g/mol. The second kappa shape index (κ2) is 4.42. The van der Waals surface area contributed by atoms with Gasteiger partial charge in [-0.2, -0.15) is 0 Å². The van der Waals surface area contributed by atoms with E-state index in [2.05, 4.69) is 0 Å². The normalized spacial score (nSPS) is 20.0. The van der Waals surface area contributed by atoms with Crippen LogP contribution in [0.5, 0.6) is 0 Å². The van der Waals surface area contributed by atoms with Crippen LogP contribution in [0.4, 0.5) is 5.69 Å². The van der Waals surface area contributed by atoms with E-state index < -0.39 is 0 Å². The van der Waals surface area contributed by atoms with Crippen LogP contribution in [-0.4, -0.2) is 33.7 Å². The summed E-state index contributed by atoms with van der Waals surface area (Å²) in [5.74, 6) is -0.0618. The van der Waals surface area contributed by atoms with Gasteiger partial charge in [-0.25, -0.2) is 0 Å². The van der Waals surface area contributed by atoms with Gasteiger partial charge in [0.15, 0.2) is 0 Å². The molecule has 2 heterocycles. The van der Waals surface area contributed by atoms with Gasteiger partial charge in [-0.15, -0.1) is 0 Å². The number of carbonyl (C=O) groups excluding carboxylic acids is 2. The summed E-state index contributed by atoms with van der Waals surface area (Å²) >= 11 is -0.100. The standard InChI is InChI=1S/C17H11NO2Se/c1-18-12-8-4-2-6-10(12)14(17(18)20)16-15(19)11-7-3-5-9-13(11)21-16/h2-9H,1H3/b16-14-. The van der Waals surface area contributed by atoms with Crippen LogP contribution in [0.25, 0.3) is 5.57 Å². The number of anilines is 1. The number of Topliss-reactive ketones (excluding diaryl/α,β-unsaturated/α-hetero) is 1. The molecule has 0 saturated heterocycles. The molecule has 0 fully saturated rings. The number of likely N-dealkylation sites (N-methyl/N-ethyl adjacent to an activating group) is 1. The van der Waals surface area contributed by atoms with E-state index in [1.165, 1.54) is 0 Å². The predicted octanol–water partition coefficient (Wildman–Crippen LogP) is 1.60. The molecule has 102 valence electrons. The fourth-order valence-corrected chi connectivity index (χ4v) is 5.17. The number of fused-ring (bicyclic) bond motifs is 2. The van der Waals surface area contributed by atoms with Crippen molar-refractivity contribution in [1.82, 2.24) is 0 Å². The van der Waals surface area contributed by atoms with Gasteiger partial charge in [0.25, 0.3) is 0 Å². The third kappa shape index (κ3) is 1.67. The molecule has 3 nitrogen and oxygen atoms in total. The van der Waals surface area contributed by atoms with E-state index in [1.54, 1.807) is 11.9 Å². The number of rotatable bonds is 0. The van der Waals surface area contributed by atoms with Gasteiger partial charge in [-0.1, -0.05) is 0 Å². The van der Waals surface area contributed by atoms with Crippen molar-refractivity contribution in [3.8, 4) is 0 Å². The first kappa shape index (κ1) is 12.6. The number of hydrogen-bond acceptors (Lipinski definition) is 2. The molecule has 0 aliphatic carbocycles. The number of carbonyl (C=O) groups is 2. The maximum absolute atomic E-state index is 12.6. The summed E-state index contributed by atoms with van der Waals surface area (Å²) in [5, 5.41) is 0. The van der Waals surface area contributed by atoms with Gasteiger partial charge in [0.05, 0.1) is 0 Å². The molecule has 0 N–H and O–H groups in total. The van der Waals surface area contributed by atoms with Gasteiger partial charge < -0.3 is 0 Å². The summed E-state index contributed by atoms with van der Waals surface area (Å²) in [6.07, 6.45) is 0. The second-order valence-corrected chi connectivity index (χ2v) is 7.22. The van der Waals surface area contributed by atoms with E-state index in [1.807, 2.05) is 48.5 Å². The van der Waals surface area contributed by atoms with E-state index in [0.717, 1.165) is 21.3 Å². The number of para-hydroxylation sites is 1. The molecular weight excluding hydrogens is 329 g/mol. The Labute approximate surface area is 128 Å². The Morgan fingerprint density at radius 1 is 0.905 bits per heavy atom. The molecule has 0 bridgehead atoms. The molecular formula is C17H11NO2Se. The number of ketones is 1. The Bertz CT molecular complexity index is 838. The quantitative estimate of drug-likeness (QED) is 0.540. The van der Waals surface area contributed by atoms with E-state index in [0.29, 0.717) is 10.0 Å². The SMILES string of the molecule is CN1C(=O)/C(=C2\[Se]c3ccccc3C2=O)c2ccccc21. The van der Waals surface area contributed by atoms with Crippen molar-refractivity contribution in [2.75, 3.05) is 11.9 Å². The molecule has 2 aromatic carbocycles. The Hall–Kier alpha value is -2.16. The number of benzene rings is 2. The summed E-state index contributed by atoms with van der Waals surface area (Å²) < 4.78 is 1.75. The molecule has 4 rings (SSSR count). The van der Waals surface area contributed by atoms with E-state index >= 15 is 0 Å². The van der Waals surface area contributed by atoms with Crippen molar-refractivity contribution in [2.24, 2.45) is 0 Å². The fraction of sp³-hybridized carbons (Fsp3) is 0.0588. The zero-order chi connectivity index (χ0) is 14.6. The summed E-state index contributed by atoms with van der Waals surface area (Å²) in [6, 6.07) is 15.3. The van der Waals surface area contributed by atoms with Gasteiger partial charge in [-0.3, -0.25) is 0 Å². The first-order valence-electron chi connectivity index (χ1n) is 6.62. The molecule has 0 radical (unpaired) electrons. The van der Waals surface area contributed by atoms with Gasteiger partial charge in [0.1, 0.15) is 0 Å². The van der Waals surface area contributed by atoms with Gasteiger partial charge >= 0.3 is 128 Å². The first-order chi connectivity index (χ1) is 10.2. The molecule has 0 saturated carbocycles. The average molecular weight is 340 g/mol. The number of allylic oxidation sites excluding steroid dienone is 1. The number of hydrogen-bond donors (Lipinski definition) is 0. The zero-order valence-corrected chi connectivity index (χ0v) is 13.0. The minimum absolute atomic E-state index is 0.0130. The maximum atomic E-state index is 12.6. The molecule has 0 unspecified atom stereocenters. The van der Waals surface area contributed by atoms with E-state index in [-0.39, 0.29) is 26.6 Å². The van der Waals surface area contributed by atoms with Gasteiger partial charge in [-0.05, 0) is 0 Å². The van der Waals surface area contributed by atoms with E-state index in [4.69, 9.17) is 0 Å². The topological polar surface area (TPSA) is 37.4 Å². The van der Waals surface area contributed by atoms with Crippen molar-refractivity contribution < 1.29 is 9.59 Å². The minimum atomic E-state index is -0.100. The Morgan fingerprint density at radius 2 is 1.57 bits per heavy atom. The molecule has 2 aromatic rings. The molecule has 4 heteroatoms. The predicted molar refractivity (Wildman–Crippen MR) is 82.9 cm³/mol. The Kier molecular flexibility index (Phi) is 2.64. The second-order valence-electron chi connectivity index (χ2n) is 5.01. The van der Waals surface area contributed by atoms with Gasteiger partial charge in [0.2, 0.25) is 0 Å². The summed E-state index contributed by atoms with van der Waals surface area (Å²) in [5.41, 5.74) is 3.10. The van der Waals surface area contributed by atoms with Crippen molar-refractivity contribution in [1.29, 1.82) is 0 Å². The average Bonchev–Trinajstić information content (AvgIpc) is 2.96. The Balaban J connectivity index is 1.96. The van der Waals surface area contributed by atoms with Crippen LogP contribution >= 0.6 is 0 Å². The number of amides is 1. The number of nitrogens with zero attached hydrogens (tertiary/aromatic N) is 1. The molecule has 0 atom stereocenters. The molecule has 21 heavy (non-hydrogen) atoms. The van der Waals surface area contributed by atoms with Crippen LogP contribution in [0.3, 0.4) is 0 Å². The first-order valence-corrected chi connectivity index (χ1v) is 8.33. The summed E-state index contributed by atoms with van der Waals surface area (Å²) in [6.45, 7) is 0. The molecule has 0 spiro atoms. The van der Waals surface area contributed by atoms with E-state index in [9.17, 15) is 9.59 Å². The van der Waals surface area contributed by atoms with Gasteiger partial charge in [0, 0.05) is 0 Å². The van der Waals surface area contributed by atoms with Crippen LogP contribution in [0, 0.1) is 0 Å². The van der Waals surface area contributed by atoms with Crippen molar-refractivity contribution >= 4 is 42.4 Å². The summed E-state index contributed by atoms with van der Waals surface area (Å²) in [7, 11) is 1.76.